The van der Waals surface area contributed by atoms with Crippen molar-refractivity contribution in [2.75, 3.05) is 32.7 Å². The normalized spacial score (nSPS) is 21.4. The largest absolute Gasteiger partial charge is 0.385 e. The van der Waals surface area contributed by atoms with Crippen molar-refractivity contribution in [3.63, 3.8) is 0 Å². The van der Waals surface area contributed by atoms with Crippen LogP contribution in [-0.4, -0.2) is 77.8 Å². The van der Waals surface area contributed by atoms with Crippen molar-refractivity contribution in [2.24, 2.45) is 0 Å². The van der Waals surface area contributed by atoms with Crippen LogP contribution in [0.3, 0.4) is 0 Å². The van der Waals surface area contributed by atoms with Crippen LogP contribution in [0.1, 0.15) is 55.2 Å². The molecular formula is C25H34N6O5. The highest BCUT2D eigenvalue weighted by Crippen LogP contribution is 2.30. The zero-order chi connectivity index (χ0) is 25.9. The summed E-state index contributed by atoms with van der Waals surface area (Å²) in [5.41, 5.74) is 3.37. The Kier molecular flexibility index (Phi) is 7.82. The third kappa shape index (κ3) is 5.04. The molecule has 1 saturated heterocycles. The Labute approximate surface area is 210 Å². The van der Waals surface area contributed by atoms with Crippen molar-refractivity contribution < 1.29 is 23.9 Å². The van der Waals surface area contributed by atoms with E-state index in [4.69, 9.17) is 9.47 Å². The molecule has 2 aromatic rings. The Bertz CT molecular complexity index is 1140. The van der Waals surface area contributed by atoms with Crippen molar-refractivity contribution in [3.8, 4) is 0 Å². The summed E-state index contributed by atoms with van der Waals surface area (Å²) in [4.78, 5) is 46.9. The van der Waals surface area contributed by atoms with Crippen LogP contribution in [0.2, 0.25) is 0 Å². The summed E-state index contributed by atoms with van der Waals surface area (Å²) in [7, 11) is 2.97. The quantitative estimate of drug-likeness (QED) is 0.254. The number of nitrogens with zero attached hydrogens (tertiary/aromatic N) is 3. The van der Waals surface area contributed by atoms with E-state index in [0.717, 1.165) is 41.6 Å². The number of benzene rings is 1. The number of ether oxygens (including phenoxy) is 2. The second-order valence-corrected chi connectivity index (χ2v) is 9.47. The molecule has 2 atom stereocenters. The number of hydrogen-bond donors (Lipinski definition) is 3. The zero-order valence-corrected chi connectivity index (χ0v) is 21.2. The highest BCUT2D eigenvalue weighted by atomic mass is 16.5. The molecule has 1 aliphatic heterocycles. The molecule has 2 aliphatic rings. The van der Waals surface area contributed by atoms with Crippen LogP contribution >= 0.6 is 0 Å². The fraction of sp³-hybridized carbons (Fsp3) is 0.560. The summed E-state index contributed by atoms with van der Waals surface area (Å²) < 4.78 is 10.1. The molecule has 36 heavy (non-hydrogen) atoms. The van der Waals surface area contributed by atoms with Crippen molar-refractivity contribution in [1.29, 1.82) is 0 Å². The van der Waals surface area contributed by atoms with Crippen molar-refractivity contribution >= 4 is 34.4 Å². The van der Waals surface area contributed by atoms with Crippen molar-refractivity contribution in [3.05, 3.63) is 29.6 Å². The van der Waals surface area contributed by atoms with Crippen LogP contribution in [0.25, 0.3) is 10.9 Å². The number of aryl methyl sites for hydroxylation is 1. The van der Waals surface area contributed by atoms with E-state index in [1.165, 1.54) is 14.0 Å². The van der Waals surface area contributed by atoms with E-state index in [1.807, 2.05) is 25.1 Å². The van der Waals surface area contributed by atoms with E-state index in [2.05, 4.69) is 26.0 Å². The first-order chi connectivity index (χ1) is 17.3. The molecule has 194 valence electrons. The fourth-order valence-corrected chi connectivity index (χ4v) is 4.60. The summed E-state index contributed by atoms with van der Waals surface area (Å²) in [6.07, 6.45) is 4.22. The van der Waals surface area contributed by atoms with Crippen LogP contribution in [-0.2, 0) is 19.1 Å². The highest BCUT2D eigenvalue weighted by molar-refractivity contribution is 6.24. The lowest BCUT2D eigenvalue weighted by atomic mass is 9.89. The molecular weight excluding hydrogens is 464 g/mol. The minimum atomic E-state index is -1.43. The number of hydrogen-bond acceptors (Lipinski definition) is 9. The Morgan fingerprint density at radius 1 is 1.14 bits per heavy atom. The number of aromatic nitrogens is 2. The topological polar surface area (TPSA) is 135 Å². The number of nitrogens with one attached hydrogen (secondary N) is 3. The van der Waals surface area contributed by atoms with Crippen LogP contribution in [0, 0.1) is 6.92 Å². The van der Waals surface area contributed by atoms with E-state index < -0.39 is 17.4 Å². The average Bonchev–Trinajstić information content (AvgIpc) is 2.89. The van der Waals surface area contributed by atoms with Crippen LogP contribution in [0.15, 0.2) is 18.2 Å². The first-order valence-electron chi connectivity index (χ1n) is 12.3. The molecule has 2 fully saturated rings. The van der Waals surface area contributed by atoms with E-state index in [0.29, 0.717) is 30.9 Å². The number of methoxy groups -OCH3 is 2. The molecule has 3 N–H and O–H groups in total. The first-order valence-corrected chi connectivity index (χ1v) is 12.3. The Morgan fingerprint density at radius 3 is 2.56 bits per heavy atom. The second kappa shape index (κ2) is 10.9. The molecule has 11 heteroatoms. The minimum absolute atomic E-state index is 0.0792. The number of imide groups is 1. The number of β-lactam (4-membered cyclic amide) rings is 2. The Hall–Kier alpha value is -3.15. The summed E-state index contributed by atoms with van der Waals surface area (Å²) in [6, 6.07) is 5.49. The van der Waals surface area contributed by atoms with E-state index in [9.17, 15) is 14.4 Å². The van der Waals surface area contributed by atoms with Gasteiger partial charge in [-0.3, -0.25) is 14.4 Å². The summed E-state index contributed by atoms with van der Waals surface area (Å²) in [6.45, 7) is 4.46. The van der Waals surface area contributed by atoms with Crippen molar-refractivity contribution in [1.82, 2.24) is 25.7 Å². The molecule has 3 amide bonds. The number of hydrazine groups is 1. The molecule has 11 nitrogen and oxygen atoms in total. The minimum Gasteiger partial charge on any atom is -0.385 e. The molecule has 0 radical (unpaired) electrons. The molecule has 1 aliphatic carbocycles. The lowest BCUT2D eigenvalue weighted by molar-refractivity contribution is -0.196. The van der Waals surface area contributed by atoms with Crippen LogP contribution in [0.5, 0.6) is 0 Å². The van der Waals surface area contributed by atoms with Gasteiger partial charge in [0.25, 0.3) is 17.7 Å². The summed E-state index contributed by atoms with van der Waals surface area (Å²) in [5.74, 6) is -0.543. The zero-order valence-electron chi connectivity index (χ0n) is 21.2. The van der Waals surface area contributed by atoms with Gasteiger partial charge in [-0.15, -0.1) is 0 Å². The van der Waals surface area contributed by atoms with E-state index in [-0.39, 0.29) is 23.8 Å². The number of anilines is 1. The third-order valence-corrected chi connectivity index (χ3v) is 6.88. The van der Waals surface area contributed by atoms with Gasteiger partial charge >= 0.3 is 0 Å². The highest BCUT2D eigenvalue weighted by Gasteiger charge is 2.59. The summed E-state index contributed by atoms with van der Waals surface area (Å²) >= 11 is 0. The lowest BCUT2D eigenvalue weighted by Crippen LogP contribution is -2.76. The Morgan fingerprint density at radius 2 is 1.86 bits per heavy atom. The van der Waals surface area contributed by atoms with Gasteiger partial charge in [-0.25, -0.2) is 20.4 Å². The number of rotatable bonds is 10. The van der Waals surface area contributed by atoms with Gasteiger partial charge in [0.1, 0.15) is 5.82 Å². The molecule has 4 rings (SSSR count). The fourth-order valence-electron chi connectivity index (χ4n) is 4.60. The number of carbonyl (C=O) groups is 3. The first kappa shape index (κ1) is 25.9. The van der Waals surface area contributed by atoms with Gasteiger partial charge in [-0.1, -0.05) is 24.5 Å². The maximum Gasteiger partial charge on any atom is 0.289 e. The van der Waals surface area contributed by atoms with Gasteiger partial charge < -0.3 is 20.1 Å². The van der Waals surface area contributed by atoms with Gasteiger partial charge in [-0.2, -0.15) is 0 Å². The van der Waals surface area contributed by atoms with E-state index >= 15 is 0 Å². The standard InChI is InChI=1S/C25H34N6O5/c1-15-10-11-17-16(14-15)20(29-21(27-17)22(32)26-12-7-13-35-3)28-18-8-5-6-9-19(18)30-31-23(33)25(2,36-4)24(31)34/h10-11,14,18-19,30H,5-9,12-13H2,1-4H3,(H,26,32)(H,27,28,29)/t18-,19+/m0/s1. The lowest BCUT2D eigenvalue weighted by Gasteiger charge is -2.45. The Balaban J connectivity index is 1.56. The smallest absolute Gasteiger partial charge is 0.289 e. The van der Waals surface area contributed by atoms with Gasteiger partial charge in [0.05, 0.1) is 5.52 Å². The molecule has 0 spiro atoms. The average molecular weight is 499 g/mol. The molecule has 1 aromatic carbocycles. The van der Waals surface area contributed by atoms with Gasteiger partial charge in [0.15, 0.2) is 0 Å². The SMILES string of the molecule is COCCCNC(=O)c1nc(N[C@H]2CCCC[C@H]2NN2C(=O)C(C)(OC)C2=O)c2cc(C)ccc2n1. The number of amides is 3. The third-order valence-electron chi connectivity index (χ3n) is 6.88. The van der Waals surface area contributed by atoms with Gasteiger partial charge in [0, 0.05) is 44.8 Å². The molecule has 0 bridgehead atoms. The van der Waals surface area contributed by atoms with Gasteiger partial charge in [0.2, 0.25) is 11.4 Å². The maximum absolute atomic E-state index is 12.8. The predicted molar refractivity (Wildman–Crippen MR) is 133 cm³/mol. The van der Waals surface area contributed by atoms with E-state index in [1.54, 1.807) is 7.11 Å². The van der Waals surface area contributed by atoms with Crippen molar-refractivity contribution in [2.45, 2.75) is 63.6 Å². The number of carbonyl (C=O) groups excluding carboxylic acids is 3. The second-order valence-electron chi connectivity index (χ2n) is 9.47. The summed E-state index contributed by atoms with van der Waals surface area (Å²) in [5, 5.41) is 8.19. The number of fused-ring (bicyclic) bond motifs is 1. The van der Waals surface area contributed by atoms with Crippen LogP contribution in [0.4, 0.5) is 5.82 Å². The van der Waals surface area contributed by atoms with Gasteiger partial charge in [-0.05, 0) is 45.2 Å². The molecule has 0 unspecified atom stereocenters. The monoisotopic (exact) mass is 498 g/mol. The maximum atomic E-state index is 12.8. The molecule has 2 heterocycles. The van der Waals surface area contributed by atoms with Crippen LogP contribution < -0.4 is 16.1 Å². The molecule has 1 aromatic heterocycles. The predicted octanol–water partition coefficient (Wildman–Crippen LogP) is 1.71. The molecule has 1 saturated carbocycles.